The van der Waals surface area contributed by atoms with Gasteiger partial charge in [0.2, 0.25) is 9.84 Å². The van der Waals surface area contributed by atoms with Crippen LogP contribution in [0.3, 0.4) is 0 Å². The fourth-order valence-electron chi connectivity index (χ4n) is 4.09. The van der Waals surface area contributed by atoms with Gasteiger partial charge in [0.1, 0.15) is 5.82 Å². The Morgan fingerprint density at radius 2 is 1.90 bits per heavy atom. The third kappa shape index (κ3) is 3.00. The van der Waals surface area contributed by atoms with Crippen molar-refractivity contribution >= 4 is 26.3 Å². The molecule has 0 amide bonds. The minimum Gasteiger partial charge on any atom is -0.360 e. The van der Waals surface area contributed by atoms with Gasteiger partial charge in [-0.1, -0.05) is 24.3 Å². The van der Waals surface area contributed by atoms with E-state index >= 15 is 0 Å². The molecule has 4 aromatic rings. The van der Waals surface area contributed by atoms with Crippen LogP contribution >= 0.6 is 0 Å². The number of hydrogen-bond acceptors (Lipinski definition) is 2. The molecular weight excluding hydrogens is 387 g/mol. The zero-order valence-corrected chi connectivity index (χ0v) is 16.4. The van der Waals surface area contributed by atoms with Gasteiger partial charge < -0.3 is 9.55 Å². The van der Waals surface area contributed by atoms with Crippen molar-refractivity contribution in [2.75, 3.05) is 0 Å². The first kappa shape index (κ1) is 17.9. The summed E-state index contributed by atoms with van der Waals surface area (Å²) in [5, 5.41) is 0.686. The third-order valence-electron chi connectivity index (χ3n) is 5.51. The van der Waals surface area contributed by atoms with Gasteiger partial charge in [-0.25, -0.2) is 12.8 Å². The monoisotopic (exact) mass is 406 g/mol. The predicted molar refractivity (Wildman–Crippen MR) is 111 cm³/mol. The van der Waals surface area contributed by atoms with E-state index in [1.54, 1.807) is 0 Å². The SMILES string of the molecule is O=S(=O)(c1cccc(F)c1)c1c[nH]c2cccc(CCC3=CCn4cccc43)c12. The maximum Gasteiger partial charge on any atom is 0.208 e. The van der Waals surface area contributed by atoms with Crippen molar-refractivity contribution in [2.24, 2.45) is 0 Å². The van der Waals surface area contributed by atoms with Crippen molar-refractivity contribution in [3.8, 4) is 0 Å². The molecular formula is C23H19FN2O2S. The Labute approximate surface area is 168 Å². The maximum atomic E-state index is 13.6. The molecule has 1 aliphatic heterocycles. The van der Waals surface area contributed by atoms with E-state index in [2.05, 4.69) is 27.9 Å². The van der Waals surface area contributed by atoms with E-state index in [1.807, 2.05) is 24.3 Å². The van der Waals surface area contributed by atoms with Crippen LogP contribution in [-0.4, -0.2) is 18.0 Å². The number of halogens is 1. The predicted octanol–water partition coefficient (Wildman–Crippen LogP) is 4.97. The number of nitrogens with one attached hydrogen (secondary N) is 1. The zero-order chi connectivity index (χ0) is 20.0. The van der Waals surface area contributed by atoms with Crippen LogP contribution < -0.4 is 0 Å². The lowest BCUT2D eigenvalue weighted by Crippen LogP contribution is -2.03. The van der Waals surface area contributed by atoms with Crippen molar-refractivity contribution in [3.63, 3.8) is 0 Å². The quantitative estimate of drug-likeness (QED) is 0.509. The number of aryl methyl sites for hydroxylation is 1. The number of allylic oxidation sites excluding steroid dienone is 2. The van der Waals surface area contributed by atoms with E-state index in [0.717, 1.165) is 36.5 Å². The molecule has 0 saturated carbocycles. The lowest BCUT2D eigenvalue weighted by molar-refractivity contribution is 0.591. The van der Waals surface area contributed by atoms with Gasteiger partial charge in [0.15, 0.2) is 0 Å². The van der Waals surface area contributed by atoms with Crippen LogP contribution in [0.2, 0.25) is 0 Å². The van der Waals surface area contributed by atoms with Gasteiger partial charge in [0, 0.05) is 35.5 Å². The molecule has 0 atom stereocenters. The number of benzene rings is 2. The van der Waals surface area contributed by atoms with E-state index in [0.29, 0.717) is 5.39 Å². The summed E-state index contributed by atoms with van der Waals surface area (Å²) in [5.74, 6) is -0.567. The van der Waals surface area contributed by atoms with Gasteiger partial charge in [-0.15, -0.1) is 0 Å². The summed E-state index contributed by atoms with van der Waals surface area (Å²) in [5.41, 5.74) is 4.22. The number of sulfone groups is 1. The minimum absolute atomic E-state index is 0.0375. The molecule has 146 valence electrons. The van der Waals surface area contributed by atoms with Gasteiger partial charge in [-0.05, 0) is 60.4 Å². The number of fused-ring (bicyclic) bond motifs is 2. The maximum absolute atomic E-state index is 13.6. The summed E-state index contributed by atoms with van der Waals surface area (Å²) in [6, 6.07) is 15.1. The Morgan fingerprint density at radius 3 is 2.76 bits per heavy atom. The fraction of sp³-hybridized carbons (Fsp3) is 0.130. The number of aromatic nitrogens is 2. The second kappa shape index (κ2) is 6.74. The Kier molecular flexibility index (Phi) is 4.17. The van der Waals surface area contributed by atoms with E-state index in [9.17, 15) is 12.8 Å². The lowest BCUT2D eigenvalue weighted by Gasteiger charge is -2.09. The highest BCUT2D eigenvalue weighted by atomic mass is 32.2. The highest BCUT2D eigenvalue weighted by Gasteiger charge is 2.24. The first-order valence-electron chi connectivity index (χ1n) is 9.48. The smallest absolute Gasteiger partial charge is 0.208 e. The van der Waals surface area contributed by atoms with Gasteiger partial charge >= 0.3 is 0 Å². The summed E-state index contributed by atoms with van der Waals surface area (Å²) >= 11 is 0. The zero-order valence-electron chi connectivity index (χ0n) is 15.6. The summed E-state index contributed by atoms with van der Waals surface area (Å²) in [6.45, 7) is 0.880. The number of H-pyrrole nitrogens is 1. The van der Waals surface area contributed by atoms with Crippen molar-refractivity contribution in [3.05, 3.63) is 90.1 Å². The molecule has 6 heteroatoms. The van der Waals surface area contributed by atoms with Crippen molar-refractivity contribution in [1.82, 2.24) is 9.55 Å². The normalized spacial score (nSPS) is 13.6. The topological polar surface area (TPSA) is 54.9 Å². The van der Waals surface area contributed by atoms with Crippen molar-refractivity contribution in [2.45, 2.75) is 29.2 Å². The molecule has 29 heavy (non-hydrogen) atoms. The molecule has 0 radical (unpaired) electrons. The standard InChI is InChI=1S/C23H19FN2O2S/c24-18-5-2-6-19(14-18)29(27,28)22-15-25-20-7-1-4-17(23(20)22)10-9-16-11-13-26-12-3-8-21(16)26/h1-8,11-12,14-15,25H,9-10,13H2. The largest absolute Gasteiger partial charge is 0.360 e. The van der Waals surface area contributed by atoms with Crippen LogP contribution in [-0.2, 0) is 22.8 Å². The average molecular weight is 406 g/mol. The van der Waals surface area contributed by atoms with Crippen LogP contribution in [0.1, 0.15) is 17.7 Å². The van der Waals surface area contributed by atoms with Gasteiger partial charge in [-0.2, -0.15) is 0 Å². The molecule has 0 saturated heterocycles. The van der Waals surface area contributed by atoms with Crippen molar-refractivity contribution < 1.29 is 12.8 Å². The van der Waals surface area contributed by atoms with Crippen LogP contribution in [0.15, 0.2) is 82.9 Å². The lowest BCUT2D eigenvalue weighted by atomic mass is 10.0. The van der Waals surface area contributed by atoms with Gasteiger partial charge in [0.25, 0.3) is 0 Å². The summed E-state index contributed by atoms with van der Waals surface area (Å²) in [6.07, 6.45) is 7.34. The van der Waals surface area contributed by atoms with E-state index in [4.69, 9.17) is 0 Å². The first-order valence-corrected chi connectivity index (χ1v) is 11.0. The Morgan fingerprint density at radius 1 is 1.03 bits per heavy atom. The van der Waals surface area contributed by atoms with Crippen molar-refractivity contribution in [1.29, 1.82) is 0 Å². The molecule has 4 nitrogen and oxygen atoms in total. The number of hydrogen-bond donors (Lipinski definition) is 1. The van der Waals surface area contributed by atoms with Crippen LogP contribution in [0, 0.1) is 5.82 Å². The molecule has 5 rings (SSSR count). The van der Waals surface area contributed by atoms with E-state index in [-0.39, 0.29) is 9.79 Å². The Hall–Kier alpha value is -3.12. The van der Waals surface area contributed by atoms with E-state index < -0.39 is 15.7 Å². The van der Waals surface area contributed by atoms with E-state index in [1.165, 1.54) is 35.7 Å². The molecule has 0 unspecified atom stereocenters. The summed E-state index contributed by atoms with van der Waals surface area (Å²) < 4.78 is 42.2. The molecule has 3 heterocycles. The summed E-state index contributed by atoms with van der Waals surface area (Å²) in [4.78, 5) is 3.22. The molecule has 0 bridgehead atoms. The molecule has 0 aliphatic carbocycles. The number of rotatable bonds is 5. The Bertz CT molecular complexity index is 1360. The minimum atomic E-state index is -3.83. The molecule has 2 aromatic carbocycles. The van der Waals surface area contributed by atoms with Crippen LogP contribution in [0.5, 0.6) is 0 Å². The Balaban J connectivity index is 1.54. The third-order valence-corrected chi connectivity index (χ3v) is 7.28. The number of aromatic amines is 1. The molecule has 2 aromatic heterocycles. The van der Waals surface area contributed by atoms with Crippen LogP contribution in [0.4, 0.5) is 4.39 Å². The van der Waals surface area contributed by atoms with Gasteiger partial charge in [0.05, 0.1) is 9.79 Å². The van der Waals surface area contributed by atoms with Crippen LogP contribution in [0.25, 0.3) is 16.5 Å². The second-order valence-corrected chi connectivity index (χ2v) is 9.15. The first-order chi connectivity index (χ1) is 14.0. The summed E-state index contributed by atoms with van der Waals surface area (Å²) in [7, 11) is -3.83. The molecule has 1 aliphatic rings. The molecule has 0 fully saturated rings. The fourth-order valence-corrected chi connectivity index (χ4v) is 5.59. The molecule has 0 spiro atoms. The number of nitrogens with zero attached hydrogens (tertiary/aromatic N) is 1. The molecule has 1 N–H and O–H groups in total. The van der Waals surface area contributed by atoms with Gasteiger partial charge in [-0.3, -0.25) is 0 Å². The highest BCUT2D eigenvalue weighted by molar-refractivity contribution is 7.91. The highest BCUT2D eigenvalue weighted by Crippen LogP contribution is 2.33. The second-order valence-electron chi connectivity index (χ2n) is 7.23. The average Bonchev–Trinajstić information content (AvgIpc) is 3.42.